The lowest BCUT2D eigenvalue weighted by Crippen LogP contribution is -2.33. The van der Waals surface area contributed by atoms with E-state index in [0.717, 1.165) is 9.50 Å². The van der Waals surface area contributed by atoms with Crippen LogP contribution in [0.3, 0.4) is 0 Å². The third kappa shape index (κ3) is 5.43. The summed E-state index contributed by atoms with van der Waals surface area (Å²) in [6, 6.07) is 15.4. The minimum Gasteiger partial charge on any atom is -0.308 e. The molecule has 122 valence electrons. The van der Waals surface area contributed by atoms with E-state index in [0.29, 0.717) is 18.7 Å². The highest BCUT2D eigenvalue weighted by atomic mass is 79.9. The molecule has 2 aromatic carbocycles. The standard InChI is InChI=1S/C18H20BrClN2O/c1-22(2)17(13-5-9-16(20)10-6-13)11-21-12-18(23)14-3-7-15(19)8-4-14/h3-10,17,21H,11-12H2,1-2H3. The van der Waals surface area contributed by atoms with Crippen molar-refractivity contribution < 1.29 is 4.79 Å². The van der Waals surface area contributed by atoms with Crippen LogP contribution in [0.5, 0.6) is 0 Å². The predicted octanol–water partition coefficient (Wildman–Crippen LogP) is 4.18. The van der Waals surface area contributed by atoms with E-state index in [1.807, 2.05) is 62.6 Å². The Kier molecular flexibility index (Phi) is 6.78. The van der Waals surface area contributed by atoms with E-state index < -0.39 is 0 Å². The van der Waals surface area contributed by atoms with Gasteiger partial charge < -0.3 is 10.2 Å². The summed E-state index contributed by atoms with van der Waals surface area (Å²) in [6.07, 6.45) is 0. The fourth-order valence-electron chi connectivity index (χ4n) is 2.34. The molecular weight excluding hydrogens is 376 g/mol. The minimum absolute atomic E-state index is 0.0890. The Morgan fingerprint density at radius 2 is 1.74 bits per heavy atom. The van der Waals surface area contributed by atoms with E-state index in [-0.39, 0.29) is 11.8 Å². The maximum atomic E-state index is 12.2. The van der Waals surface area contributed by atoms with Crippen LogP contribution in [0.2, 0.25) is 5.02 Å². The molecule has 0 bridgehead atoms. The fraction of sp³-hybridized carbons (Fsp3) is 0.278. The van der Waals surface area contributed by atoms with Gasteiger partial charge in [-0.1, -0.05) is 51.8 Å². The number of rotatable bonds is 7. The first-order valence-corrected chi connectivity index (χ1v) is 8.56. The molecule has 0 aliphatic heterocycles. The van der Waals surface area contributed by atoms with Crippen molar-refractivity contribution in [2.75, 3.05) is 27.2 Å². The summed E-state index contributed by atoms with van der Waals surface area (Å²) in [7, 11) is 4.05. The molecule has 0 saturated heterocycles. The molecule has 0 aromatic heterocycles. The van der Waals surface area contributed by atoms with Gasteiger partial charge in [-0.15, -0.1) is 0 Å². The molecule has 0 amide bonds. The maximum Gasteiger partial charge on any atom is 0.176 e. The zero-order valence-corrected chi connectivity index (χ0v) is 15.6. The van der Waals surface area contributed by atoms with Gasteiger partial charge in [0.15, 0.2) is 5.78 Å². The van der Waals surface area contributed by atoms with E-state index in [2.05, 4.69) is 26.1 Å². The number of likely N-dealkylation sites (N-methyl/N-ethyl adjacent to an activating group) is 1. The summed E-state index contributed by atoms with van der Waals surface area (Å²) < 4.78 is 0.970. The minimum atomic E-state index is 0.0890. The van der Waals surface area contributed by atoms with Gasteiger partial charge in [0.2, 0.25) is 0 Å². The Labute approximate surface area is 150 Å². The SMILES string of the molecule is CN(C)C(CNCC(=O)c1ccc(Br)cc1)c1ccc(Cl)cc1. The van der Waals surface area contributed by atoms with E-state index >= 15 is 0 Å². The Hall–Kier alpha value is -1.20. The van der Waals surface area contributed by atoms with Gasteiger partial charge in [-0.3, -0.25) is 4.79 Å². The number of hydrogen-bond donors (Lipinski definition) is 1. The molecule has 3 nitrogen and oxygen atoms in total. The number of carbonyl (C=O) groups is 1. The van der Waals surface area contributed by atoms with Crippen LogP contribution >= 0.6 is 27.5 Å². The van der Waals surface area contributed by atoms with Crippen LogP contribution in [-0.4, -0.2) is 37.9 Å². The van der Waals surface area contributed by atoms with Crippen molar-refractivity contribution in [2.24, 2.45) is 0 Å². The predicted molar refractivity (Wildman–Crippen MR) is 99.2 cm³/mol. The topological polar surface area (TPSA) is 32.3 Å². The largest absolute Gasteiger partial charge is 0.308 e. The Bertz CT molecular complexity index is 641. The molecule has 0 heterocycles. The van der Waals surface area contributed by atoms with Gasteiger partial charge in [0.05, 0.1) is 6.54 Å². The van der Waals surface area contributed by atoms with Gasteiger partial charge in [0, 0.05) is 27.6 Å². The number of halogens is 2. The third-order valence-electron chi connectivity index (χ3n) is 3.67. The first-order valence-electron chi connectivity index (χ1n) is 7.39. The van der Waals surface area contributed by atoms with E-state index in [1.165, 1.54) is 5.56 Å². The van der Waals surface area contributed by atoms with Gasteiger partial charge in [0.25, 0.3) is 0 Å². The summed E-state index contributed by atoms with van der Waals surface area (Å²) in [5, 5.41) is 3.98. The van der Waals surface area contributed by atoms with Gasteiger partial charge in [-0.05, 0) is 43.9 Å². The average molecular weight is 396 g/mol. The Morgan fingerprint density at radius 3 is 2.30 bits per heavy atom. The lowest BCUT2D eigenvalue weighted by atomic mass is 10.1. The molecule has 0 aliphatic carbocycles. The van der Waals surface area contributed by atoms with Crippen LogP contribution < -0.4 is 5.32 Å². The second kappa shape index (κ2) is 8.60. The van der Waals surface area contributed by atoms with Crippen molar-refractivity contribution in [2.45, 2.75) is 6.04 Å². The molecule has 1 N–H and O–H groups in total. The Balaban J connectivity index is 1.93. The van der Waals surface area contributed by atoms with Crippen LogP contribution in [0.15, 0.2) is 53.0 Å². The molecule has 2 aromatic rings. The summed E-state index contributed by atoms with van der Waals surface area (Å²) in [4.78, 5) is 14.3. The van der Waals surface area contributed by atoms with E-state index in [4.69, 9.17) is 11.6 Å². The lowest BCUT2D eigenvalue weighted by Gasteiger charge is -2.25. The van der Waals surface area contributed by atoms with Crippen molar-refractivity contribution >= 4 is 33.3 Å². The third-order valence-corrected chi connectivity index (χ3v) is 4.45. The normalized spacial score (nSPS) is 12.4. The first kappa shape index (κ1) is 18.1. The van der Waals surface area contributed by atoms with Crippen molar-refractivity contribution in [3.05, 3.63) is 69.2 Å². The first-order chi connectivity index (χ1) is 11.0. The van der Waals surface area contributed by atoms with E-state index in [9.17, 15) is 4.79 Å². The molecule has 1 atom stereocenters. The van der Waals surface area contributed by atoms with Crippen LogP contribution in [0.4, 0.5) is 0 Å². The number of nitrogens with one attached hydrogen (secondary N) is 1. The summed E-state index contributed by atoms with van der Waals surface area (Å²) in [5.41, 5.74) is 1.89. The molecule has 0 spiro atoms. The summed E-state index contributed by atoms with van der Waals surface area (Å²) in [5.74, 6) is 0.0890. The second-order valence-electron chi connectivity index (χ2n) is 5.59. The average Bonchev–Trinajstić information content (AvgIpc) is 2.53. The molecule has 0 fully saturated rings. The smallest absolute Gasteiger partial charge is 0.176 e. The van der Waals surface area contributed by atoms with Crippen molar-refractivity contribution in [3.8, 4) is 0 Å². The van der Waals surface area contributed by atoms with Gasteiger partial charge in [-0.2, -0.15) is 0 Å². The monoisotopic (exact) mass is 394 g/mol. The fourth-order valence-corrected chi connectivity index (χ4v) is 2.73. The Morgan fingerprint density at radius 1 is 1.13 bits per heavy atom. The zero-order chi connectivity index (χ0) is 16.8. The zero-order valence-electron chi connectivity index (χ0n) is 13.2. The number of nitrogens with zero attached hydrogens (tertiary/aromatic N) is 1. The van der Waals surface area contributed by atoms with Crippen LogP contribution in [0.25, 0.3) is 0 Å². The lowest BCUT2D eigenvalue weighted by molar-refractivity contribution is 0.0988. The van der Waals surface area contributed by atoms with Gasteiger partial charge in [-0.25, -0.2) is 0 Å². The van der Waals surface area contributed by atoms with Crippen LogP contribution in [-0.2, 0) is 0 Å². The summed E-state index contributed by atoms with van der Waals surface area (Å²) in [6.45, 7) is 1.01. The van der Waals surface area contributed by atoms with Crippen molar-refractivity contribution in [1.29, 1.82) is 0 Å². The molecular formula is C18H20BrClN2O. The van der Waals surface area contributed by atoms with Crippen LogP contribution in [0.1, 0.15) is 22.0 Å². The van der Waals surface area contributed by atoms with Gasteiger partial charge in [0.1, 0.15) is 0 Å². The highest BCUT2D eigenvalue weighted by Crippen LogP contribution is 2.19. The molecule has 0 aliphatic rings. The van der Waals surface area contributed by atoms with Crippen molar-refractivity contribution in [1.82, 2.24) is 10.2 Å². The number of ketones is 1. The van der Waals surface area contributed by atoms with Crippen LogP contribution in [0, 0.1) is 0 Å². The second-order valence-corrected chi connectivity index (χ2v) is 6.94. The number of carbonyl (C=O) groups excluding carboxylic acids is 1. The number of benzene rings is 2. The molecule has 1 unspecified atom stereocenters. The molecule has 2 rings (SSSR count). The molecule has 0 saturated carbocycles. The molecule has 23 heavy (non-hydrogen) atoms. The highest BCUT2D eigenvalue weighted by Gasteiger charge is 2.14. The maximum absolute atomic E-state index is 12.2. The quantitative estimate of drug-likeness (QED) is 0.714. The highest BCUT2D eigenvalue weighted by molar-refractivity contribution is 9.10. The van der Waals surface area contributed by atoms with Gasteiger partial charge >= 0.3 is 0 Å². The molecule has 5 heteroatoms. The summed E-state index contributed by atoms with van der Waals surface area (Å²) >= 11 is 9.31. The molecule has 0 radical (unpaired) electrons. The number of Topliss-reactive ketones (excluding diaryl/α,β-unsaturated/α-hetero) is 1. The number of hydrogen-bond acceptors (Lipinski definition) is 3. The van der Waals surface area contributed by atoms with Crippen molar-refractivity contribution in [3.63, 3.8) is 0 Å². The van der Waals surface area contributed by atoms with E-state index in [1.54, 1.807) is 0 Å².